The first-order valence-electron chi connectivity index (χ1n) is 13.3. The summed E-state index contributed by atoms with van der Waals surface area (Å²) in [5.74, 6) is -9.89. The van der Waals surface area contributed by atoms with Gasteiger partial charge < -0.3 is 39.5 Å². The van der Waals surface area contributed by atoms with Gasteiger partial charge >= 0.3 is 58.3 Å². The van der Waals surface area contributed by atoms with Gasteiger partial charge in [-0.25, -0.2) is 8.78 Å². The number of carboxylic acids is 4. The second-order valence-electron chi connectivity index (χ2n) is 10.0. The van der Waals surface area contributed by atoms with Crippen LogP contribution in [-0.4, -0.2) is 146 Å². The van der Waals surface area contributed by atoms with Crippen LogP contribution in [0.15, 0.2) is 24.3 Å². The van der Waals surface area contributed by atoms with E-state index in [1.54, 1.807) is 0 Å². The summed E-state index contributed by atoms with van der Waals surface area (Å²) in [6, 6.07) is 4.04. The van der Waals surface area contributed by atoms with Crippen molar-refractivity contribution in [3.05, 3.63) is 29.8 Å². The van der Waals surface area contributed by atoms with Gasteiger partial charge in [-0.1, -0.05) is 12.1 Å². The largest absolute Gasteiger partial charge is 3.00 e. The normalized spacial score (nSPS) is 17.6. The molecule has 2 rings (SSSR count). The van der Waals surface area contributed by atoms with Crippen molar-refractivity contribution in [3.8, 4) is 5.75 Å². The zero-order chi connectivity index (χ0) is 32.2. The minimum absolute atomic E-state index is 0. The summed E-state index contributed by atoms with van der Waals surface area (Å²) in [4.78, 5) is 52.2. The minimum atomic E-state index is -4.35. The third-order valence-corrected chi connectivity index (χ3v) is 6.76. The maximum absolute atomic E-state index is 13.2. The molecular formula is C26H33F4GdN4O9. The zero-order valence-electron chi connectivity index (χ0n) is 23.5. The van der Waals surface area contributed by atoms with Gasteiger partial charge in [0.1, 0.15) is 11.8 Å². The van der Waals surface area contributed by atoms with Crippen molar-refractivity contribution in [1.82, 2.24) is 19.6 Å². The van der Waals surface area contributed by atoms with Gasteiger partial charge in [0.05, 0.1) is 17.9 Å². The Hall–Kier alpha value is -2.22. The Labute approximate surface area is 283 Å². The zero-order valence-corrected chi connectivity index (χ0v) is 25.8. The van der Waals surface area contributed by atoms with E-state index in [2.05, 4.69) is 0 Å². The first kappa shape index (κ1) is 39.8. The number of aliphatic carboxylic acids is 4. The van der Waals surface area contributed by atoms with Gasteiger partial charge in [-0.05, 0) is 24.1 Å². The smallest absolute Gasteiger partial charge is 0.549 e. The van der Waals surface area contributed by atoms with E-state index in [1.165, 1.54) is 43.9 Å². The van der Waals surface area contributed by atoms with E-state index in [9.17, 15) is 57.2 Å². The summed E-state index contributed by atoms with van der Waals surface area (Å²) in [5, 5.41) is 43.9. The quantitative estimate of drug-likeness (QED) is 0.184. The molecule has 1 radical (unpaired) electrons. The number of hydrogen-bond donors (Lipinski definition) is 1. The van der Waals surface area contributed by atoms with Crippen molar-refractivity contribution in [2.45, 2.75) is 24.8 Å². The maximum Gasteiger partial charge on any atom is 3.00 e. The van der Waals surface area contributed by atoms with Crippen LogP contribution in [0.1, 0.15) is 5.56 Å². The molecule has 1 fully saturated rings. The van der Waals surface area contributed by atoms with Crippen LogP contribution in [0.2, 0.25) is 0 Å². The average Bonchev–Trinajstić information content (AvgIpc) is 2.90. The molecule has 13 nitrogen and oxygen atoms in total. The molecule has 1 aliphatic heterocycles. The number of rotatable bonds is 14. The third-order valence-electron chi connectivity index (χ3n) is 6.76. The summed E-state index contributed by atoms with van der Waals surface area (Å²) in [7, 11) is 0. The summed E-state index contributed by atoms with van der Waals surface area (Å²) in [5.41, 5.74) is 0.433. The molecule has 0 aromatic heterocycles. The van der Waals surface area contributed by atoms with Crippen LogP contribution < -0.4 is 20.1 Å². The van der Waals surface area contributed by atoms with Crippen LogP contribution in [0.25, 0.3) is 0 Å². The van der Waals surface area contributed by atoms with E-state index in [4.69, 9.17) is 4.74 Å². The predicted molar refractivity (Wildman–Crippen MR) is 134 cm³/mol. The number of carbonyl (C=O) groups excluding carboxylic acids is 3. The number of hydrogen-bond acceptors (Lipinski definition) is 12. The number of halogens is 4. The number of carboxylic acid groups (broad SMARTS) is 4. The van der Waals surface area contributed by atoms with Crippen LogP contribution in [0, 0.1) is 39.9 Å². The fraction of sp³-hybridized carbons (Fsp3) is 0.615. The third kappa shape index (κ3) is 14.7. The summed E-state index contributed by atoms with van der Waals surface area (Å²) < 4.78 is 55.8. The average molecular weight is 779 g/mol. The Balaban J connectivity index is 0.00000968. The Morgan fingerprint density at radius 2 is 1.16 bits per heavy atom. The first-order chi connectivity index (χ1) is 20.2. The summed E-state index contributed by atoms with van der Waals surface area (Å²) >= 11 is 0. The van der Waals surface area contributed by atoms with Gasteiger partial charge in [-0.3, -0.25) is 24.4 Å². The van der Waals surface area contributed by atoms with Crippen LogP contribution in [0.5, 0.6) is 5.75 Å². The Morgan fingerprint density at radius 3 is 1.50 bits per heavy atom. The molecule has 0 bridgehead atoms. The number of benzene rings is 1. The molecular weight excluding hydrogens is 746 g/mol. The predicted octanol–water partition coefficient (Wildman–Crippen LogP) is -3.57. The molecule has 1 N–H and O–H groups in total. The molecule has 0 spiro atoms. The van der Waals surface area contributed by atoms with Crippen LogP contribution >= 0.6 is 0 Å². The number of ether oxygens (including phenoxy) is 1. The molecule has 18 heteroatoms. The molecule has 1 aromatic rings. The standard InChI is InChI=1S/C26H36F4N4O9.Gd/c27-25(28)26(29,30)17-43-19-3-1-18(2-4-19)13-20(24(41)42)34-11-9-32(15-22(37)38)7-5-31(14-21(35)36)6-8-33(10-12-34)16-23(39)40;/h1-4,20,25H,5-17H2,(H,35,36)(H,37,38)(H,39,40)(H,41,42);/q;+3/p-3. The number of carbonyl (C=O) groups is 4. The van der Waals surface area contributed by atoms with Crippen LogP contribution in [0.3, 0.4) is 0 Å². The van der Waals surface area contributed by atoms with E-state index < -0.39 is 68.5 Å². The minimum Gasteiger partial charge on any atom is -0.549 e. The molecule has 1 saturated heterocycles. The second kappa shape index (κ2) is 19.3. The molecule has 1 atom stereocenters. The summed E-state index contributed by atoms with van der Waals surface area (Å²) in [6.07, 6.45) is -4.02. The molecule has 1 heterocycles. The van der Waals surface area contributed by atoms with E-state index in [0.717, 1.165) is 0 Å². The molecule has 44 heavy (non-hydrogen) atoms. The Bertz CT molecular complexity index is 1060. The monoisotopic (exact) mass is 779 g/mol. The first-order valence-corrected chi connectivity index (χ1v) is 13.3. The van der Waals surface area contributed by atoms with E-state index in [-0.39, 0.29) is 104 Å². The Kier molecular flexibility index (Phi) is 17.5. The molecule has 0 aliphatic carbocycles. The fourth-order valence-corrected chi connectivity index (χ4v) is 4.45. The van der Waals surface area contributed by atoms with Crippen LogP contribution in [0.4, 0.5) is 17.6 Å². The summed E-state index contributed by atoms with van der Waals surface area (Å²) in [6.45, 7) is -2.54. The van der Waals surface area contributed by atoms with Crippen LogP contribution in [-0.2, 0) is 25.6 Å². The SMILES string of the molecule is O=C([O-])CN1CCN(CC(=O)[O-])CCN(C(Cc2ccc(OCC(F)(F)C(F)F)cc2)C(=O)O)CCN(CC(=O)[O-])CC1.[Gd+3]. The Morgan fingerprint density at radius 1 is 0.773 bits per heavy atom. The molecule has 247 valence electrons. The van der Waals surface area contributed by atoms with Crippen molar-refractivity contribution in [2.75, 3.05) is 78.6 Å². The van der Waals surface area contributed by atoms with Crippen molar-refractivity contribution in [1.29, 1.82) is 0 Å². The van der Waals surface area contributed by atoms with Gasteiger partial charge in [0.25, 0.3) is 0 Å². The molecule has 1 aromatic carbocycles. The molecule has 0 amide bonds. The van der Waals surface area contributed by atoms with E-state index in [0.29, 0.717) is 5.56 Å². The molecule has 1 aliphatic rings. The van der Waals surface area contributed by atoms with E-state index in [1.807, 2.05) is 0 Å². The van der Waals surface area contributed by atoms with Crippen molar-refractivity contribution in [2.24, 2.45) is 0 Å². The van der Waals surface area contributed by atoms with Gasteiger partial charge in [0.15, 0.2) is 6.61 Å². The van der Waals surface area contributed by atoms with E-state index >= 15 is 0 Å². The number of nitrogens with zero attached hydrogens (tertiary/aromatic N) is 4. The van der Waals surface area contributed by atoms with Crippen molar-refractivity contribution >= 4 is 23.9 Å². The van der Waals surface area contributed by atoms with Gasteiger partial charge in [0, 0.05) is 72.0 Å². The fourth-order valence-electron chi connectivity index (χ4n) is 4.45. The number of alkyl halides is 4. The maximum atomic E-state index is 13.2. The second-order valence-corrected chi connectivity index (χ2v) is 10.0. The molecule has 0 saturated carbocycles. The molecule has 1 unspecified atom stereocenters. The van der Waals surface area contributed by atoms with Gasteiger partial charge in [0.2, 0.25) is 0 Å². The van der Waals surface area contributed by atoms with Gasteiger partial charge in [-0.2, -0.15) is 8.78 Å². The van der Waals surface area contributed by atoms with Gasteiger partial charge in [-0.15, -0.1) is 0 Å². The topological polar surface area (TPSA) is 180 Å². The van der Waals surface area contributed by atoms with Crippen molar-refractivity contribution in [3.63, 3.8) is 0 Å². The van der Waals surface area contributed by atoms with Crippen molar-refractivity contribution < 1.29 is 102 Å².